The Morgan fingerprint density at radius 3 is 2.65 bits per heavy atom. The lowest BCUT2D eigenvalue weighted by atomic mass is 9.65. The Labute approximate surface area is 130 Å². The highest BCUT2D eigenvalue weighted by molar-refractivity contribution is 6.03. The number of alkyl halides is 3. The van der Waals surface area contributed by atoms with Crippen LogP contribution in [0.15, 0.2) is 29.5 Å². The van der Waals surface area contributed by atoms with Gasteiger partial charge in [0.15, 0.2) is 5.78 Å². The fourth-order valence-corrected chi connectivity index (χ4v) is 3.60. The summed E-state index contributed by atoms with van der Waals surface area (Å²) in [5, 5.41) is 5.67. The van der Waals surface area contributed by atoms with Crippen molar-refractivity contribution in [3.63, 3.8) is 0 Å². The minimum Gasteiger partial charge on any atom is -0.357 e. The molecule has 0 saturated carbocycles. The molecule has 2 N–H and O–H groups in total. The van der Waals surface area contributed by atoms with Crippen LogP contribution in [-0.4, -0.2) is 25.0 Å². The van der Waals surface area contributed by atoms with Crippen LogP contribution in [0.5, 0.6) is 0 Å². The van der Waals surface area contributed by atoms with Crippen LogP contribution in [0.25, 0.3) is 0 Å². The molecule has 2 aliphatic heterocycles. The number of anilines is 1. The molecule has 23 heavy (non-hydrogen) atoms. The van der Waals surface area contributed by atoms with Crippen LogP contribution in [0, 0.1) is 5.82 Å². The van der Waals surface area contributed by atoms with Gasteiger partial charge in [0, 0.05) is 23.5 Å². The highest BCUT2D eigenvalue weighted by Crippen LogP contribution is 2.55. The molecular weight excluding hydrogens is 312 g/mol. The molecule has 0 aromatic heterocycles. The number of carbonyl (C=O) groups is 1. The van der Waals surface area contributed by atoms with Crippen molar-refractivity contribution in [2.45, 2.75) is 31.4 Å². The topological polar surface area (TPSA) is 41.1 Å². The standard InChI is InChI=1S/C16H16F4N2O/c1-2-5-15(16(18,19)20)10-6-9(17)3-4-11(10)22-12-7-21-8-13(23)14(12)15/h3-4,6,21-22H,2,5,7-8H2,1H3. The van der Waals surface area contributed by atoms with Crippen molar-refractivity contribution in [1.29, 1.82) is 0 Å². The van der Waals surface area contributed by atoms with Gasteiger partial charge in [-0.25, -0.2) is 4.39 Å². The molecule has 0 bridgehead atoms. The summed E-state index contributed by atoms with van der Waals surface area (Å²) in [6.45, 7) is 1.63. The van der Waals surface area contributed by atoms with Crippen LogP contribution in [0.2, 0.25) is 0 Å². The van der Waals surface area contributed by atoms with E-state index in [9.17, 15) is 22.4 Å². The van der Waals surface area contributed by atoms with Crippen LogP contribution in [0.3, 0.4) is 0 Å². The molecule has 1 unspecified atom stereocenters. The SMILES string of the molecule is CCCC1(C(F)(F)F)C2=C(CNCC2=O)Nc2ccc(F)cc21. The van der Waals surface area contributed by atoms with E-state index < -0.39 is 23.2 Å². The second-order valence-electron chi connectivity index (χ2n) is 5.85. The average Bonchev–Trinajstić information content (AvgIpc) is 2.46. The summed E-state index contributed by atoms with van der Waals surface area (Å²) in [6, 6.07) is 3.30. The summed E-state index contributed by atoms with van der Waals surface area (Å²) in [7, 11) is 0. The maximum Gasteiger partial charge on any atom is 0.402 e. The van der Waals surface area contributed by atoms with Crippen molar-refractivity contribution in [3.8, 4) is 0 Å². The Balaban J connectivity index is 2.36. The van der Waals surface area contributed by atoms with Crippen LogP contribution < -0.4 is 10.6 Å². The van der Waals surface area contributed by atoms with Crippen molar-refractivity contribution in [2.24, 2.45) is 0 Å². The lowest BCUT2D eigenvalue weighted by molar-refractivity contribution is -0.183. The van der Waals surface area contributed by atoms with Crippen LogP contribution in [-0.2, 0) is 10.2 Å². The maximum atomic E-state index is 14.2. The number of Topliss-reactive ketones (excluding diaryl/α,β-unsaturated/α-hetero) is 1. The van der Waals surface area contributed by atoms with Gasteiger partial charge in [0.1, 0.15) is 11.2 Å². The molecule has 0 spiro atoms. The molecule has 0 radical (unpaired) electrons. The van der Waals surface area contributed by atoms with E-state index in [4.69, 9.17) is 0 Å². The molecule has 1 aromatic rings. The number of nitrogens with one attached hydrogen (secondary N) is 2. The first-order valence-corrected chi connectivity index (χ1v) is 7.42. The third kappa shape index (κ3) is 2.25. The van der Waals surface area contributed by atoms with Crippen LogP contribution in [0.1, 0.15) is 25.3 Å². The molecule has 124 valence electrons. The highest BCUT2D eigenvalue weighted by Gasteiger charge is 2.62. The fraction of sp³-hybridized carbons (Fsp3) is 0.438. The number of rotatable bonds is 2. The van der Waals surface area contributed by atoms with Gasteiger partial charge >= 0.3 is 6.18 Å². The quantitative estimate of drug-likeness (QED) is 0.819. The van der Waals surface area contributed by atoms with Gasteiger partial charge in [-0.05, 0) is 30.2 Å². The van der Waals surface area contributed by atoms with E-state index in [1.165, 1.54) is 6.07 Å². The highest BCUT2D eigenvalue weighted by atomic mass is 19.4. The second-order valence-corrected chi connectivity index (χ2v) is 5.85. The molecule has 0 aliphatic carbocycles. The lowest BCUT2D eigenvalue weighted by Gasteiger charge is -2.44. The zero-order valence-electron chi connectivity index (χ0n) is 12.5. The third-order valence-corrected chi connectivity index (χ3v) is 4.43. The third-order valence-electron chi connectivity index (χ3n) is 4.43. The number of hydrogen-bond donors (Lipinski definition) is 2. The van der Waals surface area contributed by atoms with Crippen LogP contribution in [0.4, 0.5) is 23.2 Å². The normalized spacial score (nSPS) is 24.1. The largest absolute Gasteiger partial charge is 0.402 e. The average molecular weight is 328 g/mol. The van der Waals surface area contributed by atoms with E-state index in [0.29, 0.717) is 0 Å². The second kappa shape index (κ2) is 5.33. The van der Waals surface area contributed by atoms with Crippen molar-refractivity contribution < 1.29 is 22.4 Å². The molecule has 3 rings (SSSR count). The van der Waals surface area contributed by atoms with Crippen molar-refractivity contribution in [2.75, 3.05) is 18.4 Å². The number of benzene rings is 1. The zero-order chi connectivity index (χ0) is 16.8. The van der Waals surface area contributed by atoms with Gasteiger partial charge in [-0.1, -0.05) is 13.3 Å². The van der Waals surface area contributed by atoms with Crippen molar-refractivity contribution >= 4 is 11.5 Å². The van der Waals surface area contributed by atoms with Gasteiger partial charge in [0.2, 0.25) is 0 Å². The Kier molecular flexibility index (Phi) is 3.71. The lowest BCUT2D eigenvalue weighted by Crippen LogP contribution is -2.53. The number of halogens is 4. The Hall–Kier alpha value is -1.89. The summed E-state index contributed by atoms with van der Waals surface area (Å²) in [5.41, 5.74) is -2.51. The maximum absolute atomic E-state index is 14.2. The Morgan fingerprint density at radius 2 is 2.00 bits per heavy atom. The molecule has 1 aromatic carbocycles. The summed E-state index contributed by atoms with van der Waals surface area (Å²) < 4.78 is 56.2. The van der Waals surface area contributed by atoms with Crippen LogP contribution >= 0.6 is 0 Å². The number of carbonyl (C=O) groups excluding carboxylic acids is 1. The first-order chi connectivity index (χ1) is 10.8. The van der Waals surface area contributed by atoms with E-state index in [1.807, 2.05) is 0 Å². The number of fused-ring (bicyclic) bond motifs is 1. The first-order valence-electron chi connectivity index (χ1n) is 7.42. The molecule has 3 nitrogen and oxygen atoms in total. The van der Waals surface area contributed by atoms with Gasteiger partial charge in [-0.15, -0.1) is 0 Å². The monoisotopic (exact) mass is 328 g/mol. The van der Waals surface area contributed by atoms with E-state index in [0.717, 1.165) is 12.1 Å². The Bertz CT molecular complexity index is 696. The van der Waals surface area contributed by atoms with Gasteiger partial charge in [-0.2, -0.15) is 13.2 Å². The van der Waals surface area contributed by atoms with Gasteiger partial charge in [-0.3, -0.25) is 4.79 Å². The van der Waals surface area contributed by atoms with E-state index in [1.54, 1.807) is 6.92 Å². The van der Waals surface area contributed by atoms with Crippen molar-refractivity contribution in [3.05, 3.63) is 40.8 Å². The minimum atomic E-state index is -4.69. The smallest absolute Gasteiger partial charge is 0.357 e. The summed E-state index contributed by atoms with van der Waals surface area (Å²) in [5.74, 6) is -1.35. The van der Waals surface area contributed by atoms with Gasteiger partial charge in [0.25, 0.3) is 0 Å². The summed E-state index contributed by atoms with van der Waals surface area (Å²) in [6.07, 6.45) is -4.77. The summed E-state index contributed by atoms with van der Waals surface area (Å²) in [4.78, 5) is 12.3. The van der Waals surface area contributed by atoms with Gasteiger partial charge < -0.3 is 10.6 Å². The van der Waals surface area contributed by atoms with E-state index >= 15 is 0 Å². The molecule has 0 amide bonds. The summed E-state index contributed by atoms with van der Waals surface area (Å²) >= 11 is 0. The predicted octanol–water partition coefficient (Wildman–Crippen LogP) is 3.28. The molecule has 0 saturated heterocycles. The van der Waals surface area contributed by atoms with E-state index in [-0.39, 0.29) is 48.5 Å². The Morgan fingerprint density at radius 1 is 1.26 bits per heavy atom. The zero-order valence-corrected chi connectivity index (χ0v) is 12.5. The first kappa shape index (κ1) is 16.0. The molecule has 2 aliphatic rings. The van der Waals surface area contributed by atoms with Gasteiger partial charge in [0.05, 0.1) is 6.54 Å². The molecular formula is C16H16F4N2O. The number of ketones is 1. The fourth-order valence-electron chi connectivity index (χ4n) is 3.60. The molecule has 7 heteroatoms. The van der Waals surface area contributed by atoms with Crippen molar-refractivity contribution in [1.82, 2.24) is 5.32 Å². The van der Waals surface area contributed by atoms with E-state index in [2.05, 4.69) is 10.6 Å². The molecule has 0 fully saturated rings. The number of hydrogen-bond acceptors (Lipinski definition) is 3. The minimum absolute atomic E-state index is 0.146. The molecule has 1 atom stereocenters. The molecule has 2 heterocycles. The predicted molar refractivity (Wildman–Crippen MR) is 77.6 cm³/mol.